The van der Waals surface area contributed by atoms with Gasteiger partial charge in [0.1, 0.15) is 5.56 Å². The molecule has 3 aromatic carbocycles. The summed E-state index contributed by atoms with van der Waals surface area (Å²) in [6.07, 6.45) is 0. The van der Waals surface area contributed by atoms with Crippen LogP contribution in [-0.4, -0.2) is 22.5 Å². The molecule has 0 saturated carbocycles. The zero-order valence-electron chi connectivity index (χ0n) is 16.3. The molecular formula is C23H18N2O4S. The number of rotatable bonds is 4. The molecule has 0 amide bonds. The maximum atomic E-state index is 13.6. The Morgan fingerprint density at radius 1 is 0.900 bits per heavy atom. The maximum Gasteiger partial charge on any atom is 0.281 e. The van der Waals surface area contributed by atoms with Crippen molar-refractivity contribution in [2.45, 2.75) is 24.8 Å². The zero-order chi connectivity index (χ0) is 21.6. The largest absolute Gasteiger partial charge is 0.381 e. The molecule has 6 nitrogen and oxygen atoms in total. The number of nitrogens with zero attached hydrogens (tertiary/aromatic N) is 1. The van der Waals surface area contributed by atoms with Gasteiger partial charge in [-0.3, -0.25) is 19.7 Å². The van der Waals surface area contributed by atoms with E-state index in [4.69, 9.17) is 0 Å². The minimum atomic E-state index is -0.628. The van der Waals surface area contributed by atoms with Crippen LogP contribution in [0.2, 0.25) is 0 Å². The zero-order valence-corrected chi connectivity index (χ0v) is 17.2. The number of fused-ring (bicyclic) bond motifs is 2. The van der Waals surface area contributed by atoms with Gasteiger partial charge in [-0.15, -0.1) is 12.6 Å². The van der Waals surface area contributed by atoms with Crippen LogP contribution in [0.15, 0.2) is 59.5 Å². The molecular weight excluding hydrogens is 400 g/mol. The third-order valence-corrected chi connectivity index (χ3v) is 5.34. The number of hydrogen-bond acceptors (Lipinski definition) is 6. The molecule has 0 heterocycles. The molecule has 0 unspecified atom stereocenters. The molecule has 7 heteroatoms. The maximum absolute atomic E-state index is 13.6. The standard InChI is InChI=1S/C23H18N2O4S/c1-12(2)24-21-17(30)11-15(13-7-4-3-5-8-13)19-20(21)22(26)14-9-6-10-16(25(28)29)18(14)23(19)27/h3-12,24,30H,1-2H3. The minimum absolute atomic E-state index is 0.0167. The molecule has 0 radical (unpaired) electrons. The number of anilines is 1. The first-order chi connectivity index (χ1) is 14.3. The highest BCUT2D eigenvalue weighted by Gasteiger charge is 2.39. The van der Waals surface area contributed by atoms with Crippen molar-refractivity contribution in [1.82, 2.24) is 0 Å². The topological polar surface area (TPSA) is 89.3 Å². The lowest BCUT2D eigenvalue weighted by atomic mass is 9.79. The molecule has 4 rings (SSSR count). The van der Waals surface area contributed by atoms with Gasteiger partial charge in [-0.1, -0.05) is 36.4 Å². The average molecular weight is 418 g/mol. The van der Waals surface area contributed by atoms with Crippen LogP contribution in [0.5, 0.6) is 0 Å². The van der Waals surface area contributed by atoms with Crippen LogP contribution in [0.4, 0.5) is 11.4 Å². The summed E-state index contributed by atoms with van der Waals surface area (Å²) in [6.45, 7) is 3.83. The lowest BCUT2D eigenvalue weighted by Crippen LogP contribution is -2.26. The number of nitro benzene ring substituents is 1. The first-order valence-corrected chi connectivity index (χ1v) is 9.84. The summed E-state index contributed by atoms with van der Waals surface area (Å²) in [6, 6.07) is 15.0. The number of carbonyl (C=O) groups excluding carboxylic acids is 2. The molecule has 0 aliphatic heterocycles. The summed E-state index contributed by atoms with van der Waals surface area (Å²) in [4.78, 5) is 38.6. The Morgan fingerprint density at radius 3 is 2.23 bits per heavy atom. The number of carbonyl (C=O) groups is 2. The fourth-order valence-corrected chi connectivity index (χ4v) is 4.10. The second-order valence-corrected chi connectivity index (χ2v) is 7.83. The fraction of sp³-hybridized carbons (Fsp3) is 0.130. The van der Waals surface area contributed by atoms with Crippen LogP contribution in [0, 0.1) is 10.1 Å². The van der Waals surface area contributed by atoms with Gasteiger partial charge >= 0.3 is 0 Å². The van der Waals surface area contributed by atoms with E-state index in [0.29, 0.717) is 16.1 Å². The Hall–Kier alpha value is -3.45. The molecule has 0 atom stereocenters. The van der Waals surface area contributed by atoms with Crippen molar-refractivity contribution >= 4 is 35.6 Å². The molecule has 150 valence electrons. The smallest absolute Gasteiger partial charge is 0.281 e. The van der Waals surface area contributed by atoms with E-state index in [9.17, 15) is 19.7 Å². The molecule has 1 N–H and O–H groups in total. The lowest BCUT2D eigenvalue weighted by molar-refractivity contribution is -0.385. The van der Waals surface area contributed by atoms with Crippen LogP contribution < -0.4 is 5.32 Å². The van der Waals surface area contributed by atoms with E-state index in [1.807, 2.05) is 44.2 Å². The Bertz CT molecular complexity index is 1220. The highest BCUT2D eigenvalue weighted by Crippen LogP contribution is 2.43. The van der Waals surface area contributed by atoms with Gasteiger partial charge < -0.3 is 5.32 Å². The normalized spacial score (nSPS) is 12.5. The quantitative estimate of drug-likeness (QED) is 0.272. The highest BCUT2D eigenvalue weighted by atomic mass is 32.1. The molecule has 0 saturated heterocycles. The van der Waals surface area contributed by atoms with Crippen molar-refractivity contribution in [1.29, 1.82) is 0 Å². The molecule has 0 bridgehead atoms. The first kappa shape index (κ1) is 19.8. The van der Waals surface area contributed by atoms with Crippen LogP contribution in [0.25, 0.3) is 11.1 Å². The van der Waals surface area contributed by atoms with E-state index in [1.165, 1.54) is 18.2 Å². The van der Waals surface area contributed by atoms with E-state index in [0.717, 1.165) is 5.56 Å². The number of ketones is 2. The molecule has 1 aliphatic carbocycles. The molecule has 0 spiro atoms. The number of nitro groups is 1. The van der Waals surface area contributed by atoms with E-state index >= 15 is 0 Å². The highest BCUT2D eigenvalue weighted by molar-refractivity contribution is 7.80. The van der Waals surface area contributed by atoms with E-state index < -0.39 is 16.5 Å². The van der Waals surface area contributed by atoms with Crippen LogP contribution >= 0.6 is 12.6 Å². The molecule has 0 fully saturated rings. The van der Waals surface area contributed by atoms with Crippen molar-refractivity contribution < 1.29 is 14.5 Å². The second kappa shape index (κ2) is 7.42. The summed E-state index contributed by atoms with van der Waals surface area (Å²) in [7, 11) is 0. The third-order valence-electron chi connectivity index (χ3n) is 4.99. The van der Waals surface area contributed by atoms with Gasteiger partial charge in [0.05, 0.1) is 16.2 Å². The van der Waals surface area contributed by atoms with Gasteiger partial charge in [0.15, 0.2) is 5.78 Å². The third kappa shape index (κ3) is 3.07. The Kier molecular flexibility index (Phi) is 4.91. The van der Waals surface area contributed by atoms with Gasteiger partial charge in [-0.25, -0.2) is 0 Å². The van der Waals surface area contributed by atoms with Crippen molar-refractivity contribution in [2.75, 3.05) is 5.32 Å². The second-order valence-electron chi connectivity index (χ2n) is 7.35. The Morgan fingerprint density at radius 2 is 1.60 bits per heavy atom. The van der Waals surface area contributed by atoms with Crippen molar-refractivity contribution in [2.24, 2.45) is 0 Å². The Labute approximate surface area is 178 Å². The van der Waals surface area contributed by atoms with Crippen molar-refractivity contribution in [3.05, 3.63) is 87.0 Å². The fourth-order valence-electron chi connectivity index (χ4n) is 3.79. The molecule has 3 aromatic rings. The van der Waals surface area contributed by atoms with Crippen LogP contribution in [0.3, 0.4) is 0 Å². The van der Waals surface area contributed by atoms with Gasteiger partial charge in [-0.05, 0) is 37.1 Å². The lowest BCUT2D eigenvalue weighted by Gasteiger charge is -2.25. The number of hydrogen-bond donors (Lipinski definition) is 2. The number of benzene rings is 3. The number of thiol groups is 1. The summed E-state index contributed by atoms with van der Waals surface area (Å²) < 4.78 is 0. The first-order valence-electron chi connectivity index (χ1n) is 9.40. The monoisotopic (exact) mass is 418 g/mol. The van der Waals surface area contributed by atoms with E-state index in [1.54, 1.807) is 6.07 Å². The van der Waals surface area contributed by atoms with Gasteiger partial charge in [0, 0.05) is 28.1 Å². The molecule has 30 heavy (non-hydrogen) atoms. The number of nitrogens with one attached hydrogen (secondary N) is 1. The van der Waals surface area contributed by atoms with E-state index in [2.05, 4.69) is 17.9 Å². The summed E-state index contributed by atoms with van der Waals surface area (Å²) in [5.41, 5.74) is 1.56. The Balaban J connectivity index is 2.11. The SMILES string of the molecule is CC(C)Nc1c(S)cc(-c2ccccc2)c2c1C(=O)c1cccc([N+](=O)[O-])c1C2=O. The van der Waals surface area contributed by atoms with Gasteiger partial charge in [-0.2, -0.15) is 0 Å². The summed E-state index contributed by atoms with van der Waals surface area (Å²) in [5, 5.41) is 14.8. The van der Waals surface area contributed by atoms with Gasteiger partial charge in [0.25, 0.3) is 5.69 Å². The van der Waals surface area contributed by atoms with Crippen molar-refractivity contribution in [3.8, 4) is 11.1 Å². The predicted octanol–water partition coefficient (Wildman–Crippen LogP) is 5.15. The predicted molar refractivity (Wildman–Crippen MR) is 118 cm³/mol. The van der Waals surface area contributed by atoms with E-state index in [-0.39, 0.29) is 34.0 Å². The summed E-state index contributed by atoms with van der Waals surface area (Å²) in [5.74, 6) is -0.967. The minimum Gasteiger partial charge on any atom is -0.381 e. The average Bonchev–Trinajstić information content (AvgIpc) is 2.72. The van der Waals surface area contributed by atoms with Gasteiger partial charge in [0.2, 0.25) is 5.78 Å². The van der Waals surface area contributed by atoms with Crippen LogP contribution in [-0.2, 0) is 0 Å². The van der Waals surface area contributed by atoms with Crippen LogP contribution in [0.1, 0.15) is 45.7 Å². The molecule has 0 aromatic heterocycles. The molecule has 1 aliphatic rings. The summed E-state index contributed by atoms with van der Waals surface area (Å²) >= 11 is 4.59. The van der Waals surface area contributed by atoms with Crippen molar-refractivity contribution in [3.63, 3.8) is 0 Å².